The minimum Gasteiger partial charge on any atom is -0.270 e. The quantitative estimate of drug-likeness (QED) is 0.402. The Bertz CT molecular complexity index is 1510. The van der Waals surface area contributed by atoms with E-state index in [9.17, 15) is 14.4 Å². The van der Waals surface area contributed by atoms with Crippen molar-refractivity contribution in [2.75, 3.05) is 0 Å². The summed E-state index contributed by atoms with van der Waals surface area (Å²) in [5, 5.41) is 21.3. The van der Waals surface area contributed by atoms with E-state index < -0.39 is 16.9 Å². The molecule has 0 aliphatic carbocycles. The Kier molecular flexibility index (Phi) is 5.42. The van der Waals surface area contributed by atoms with E-state index in [0.29, 0.717) is 30.4 Å². The fourth-order valence-corrected chi connectivity index (χ4v) is 5.21. The summed E-state index contributed by atoms with van der Waals surface area (Å²) < 4.78 is 2.14. The Balaban J connectivity index is 1.82. The van der Waals surface area contributed by atoms with Crippen molar-refractivity contribution in [1.82, 2.24) is 25.0 Å². The molecule has 4 rings (SSSR count). The van der Waals surface area contributed by atoms with E-state index >= 15 is 0 Å². The molecule has 0 amide bonds. The Morgan fingerprint density at radius 3 is 2.37 bits per heavy atom. The molecule has 0 aliphatic heterocycles. The minimum atomic E-state index is -0.847. The van der Waals surface area contributed by atoms with Crippen LogP contribution in [0.4, 0.5) is 0 Å². The van der Waals surface area contributed by atoms with Gasteiger partial charge in [-0.2, -0.15) is 15.0 Å². The fraction of sp³-hybridized carbons (Fsp3) is 0. The number of aromatic nitrogens is 5. The number of aromatic amines is 2. The lowest BCUT2D eigenvalue weighted by atomic mass is 10.2. The van der Waals surface area contributed by atoms with Crippen molar-refractivity contribution in [3.63, 3.8) is 0 Å². The maximum absolute atomic E-state index is 12.1. The first-order chi connectivity index (χ1) is 14.4. The van der Waals surface area contributed by atoms with Gasteiger partial charge in [-0.15, -0.1) is 5.10 Å². The van der Waals surface area contributed by atoms with Crippen molar-refractivity contribution in [2.45, 2.75) is 9.92 Å². The maximum atomic E-state index is 12.1. The van der Waals surface area contributed by atoms with Gasteiger partial charge in [0.1, 0.15) is 11.1 Å². The molecule has 0 fully saturated rings. The van der Waals surface area contributed by atoms with E-state index in [-0.39, 0.29) is 5.56 Å². The van der Waals surface area contributed by atoms with Crippen LogP contribution in [0.5, 0.6) is 0 Å². The number of hydrogen-bond acceptors (Lipinski definition) is 7. The average Bonchev–Trinajstić information content (AvgIpc) is 2.72. The topological polar surface area (TPSA) is 137 Å². The highest BCUT2D eigenvalue weighted by molar-refractivity contribution is 9.11. The van der Waals surface area contributed by atoms with Gasteiger partial charge in [-0.25, -0.2) is 9.89 Å². The molecule has 2 N–H and O–H groups in total. The van der Waals surface area contributed by atoms with Crippen LogP contribution >= 0.6 is 43.6 Å². The standard InChI is InChI=1S/C18H8Br2N6O3S/c19-11-5-8(26-18(29)22-16(28)13(7-21)25-26)6-12(20)14(11)30-17-10-4-2-1-3-9(10)15(27)23-24-17/h1-6H,(H,23,27)(H,22,28,29). The van der Waals surface area contributed by atoms with Crippen LogP contribution < -0.4 is 16.8 Å². The maximum Gasteiger partial charge on any atom is 0.349 e. The summed E-state index contributed by atoms with van der Waals surface area (Å²) in [6, 6.07) is 12.0. The molecule has 30 heavy (non-hydrogen) atoms. The van der Waals surface area contributed by atoms with E-state index in [4.69, 9.17) is 5.26 Å². The Morgan fingerprint density at radius 2 is 1.70 bits per heavy atom. The molecule has 0 saturated heterocycles. The summed E-state index contributed by atoms with van der Waals surface area (Å²) in [7, 11) is 0. The molecule has 12 heteroatoms. The van der Waals surface area contributed by atoms with Crippen molar-refractivity contribution < 1.29 is 0 Å². The predicted molar refractivity (Wildman–Crippen MR) is 117 cm³/mol. The summed E-state index contributed by atoms with van der Waals surface area (Å²) >= 11 is 8.25. The van der Waals surface area contributed by atoms with Gasteiger partial charge >= 0.3 is 5.69 Å². The third-order valence-corrected chi connectivity index (χ3v) is 6.95. The molecular weight excluding hydrogens is 540 g/mol. The van der Waals surface area contributed by atoms with Crippen LogP contribution in [0.1, 0.15) is 5.69 Å². The lowest BCUT2D eigenvalue weighted by Gasteiger charge is -2.11. The first-order valence-electron chi connectivity index (χ1n) is 8.17. The number of hydrogen-bond donors (Lipinski definition) is 2. The van der Waals surface area contributed by atoms with Gasteiger partial charge < -0.3 is 0 Å². The van der Waals surface area contributed by atoms with Crippen LogP contribution in [0, 0.1) is 11.3 Å². The third-order valence-electron chi connectivity index (χ3n) is 4.02. The van der Waals surface area contributed by atoms with Gasteiger partial charge in [0.05, 0.1) is 11.1 Å². The first-order valence-corrected chi connectivity index (χ1v) is 10.6. The Hall–Kier alpha value is -3.01. The van der Waals surface area contributed by atoms with Crippen LogP contribution in [0.2, 0.25) is 0 Å². The largest absolute Gasteiger partial charge is 0.349 e. The van der Waals surface area contributed by atoms with Crippen LogP contribution in [0.25, 0.3) is 16.5 Å². The monoisotopic (exact) mass is 546 g/mol. The molecule has 2 heterocycles. The zero-order valence-corrected chi connectivity index (χ0v) is 18.6. The van der Waals surface area contributed by atoms with Gasteiger partial charge in [0.15, 0.2) is 0 Å². The molecular formula is C18H8Br2N6O3S. The van der Waals surface area contributed by atoms with Crippen molar-refractivity contribution >= 4 is 54.4 Å². The normalized spacial score (nSPS) is 10.8. The SMILES string of the molecule is N#Cc1nn(-c2cc(Br)c(Sc3n[nH]c(=O)c4ccccc34)c(Br)c2)c(=O)[nH]c1=O. The van der Waals surface area contributed by atoms with Crippen molar-refractivity contribution in [1.29, 1.82) is 5.26 Å². The van der Waals surface area contributed by atoms with Gasteiger partial charge in [0.2, 0.25) is 5.69 Å². The predicted octanol–water partition coefficient (Wildman–Crippen LogP) is 2.71. The molecule has 0 bridgehead atoms. The molecule has 2 aromatic heterocycles. The van der Waals surface area contributed by atoms with Gasteiger partial charge in [-0.1, -0.05) is 30.0 Å². The second kappa shape index (κ2) is 8.02. The van der Waals surface area contributed by atoms with Crippen LogP contribution in [0.15, 0.2) is 69.6 Å². The summed E-state index contributed by atoms with van der Waals surface area (Å²) in [6.07, 6.45) is 0. The molecule has 0 saturated carbocycles. The van der Waals surface area contributed by atoms with E-state index in [1.165, 1.54) is 11.8 Å². The fourth-order valence-electron chi connectivity index (χ4n) is 2.68. The van der Waals surface area contributed by atoms with Crippen molar-refractivity contribution in [3.05, 3.63) is 82.2 Å². The lowest BCUT2D eigenvalue weighted by molar-refractivity contribution is 0.739. The molecule has 0 radical (unpaired) electrons. The summed E-state index contributed by atoms with van der Waals surface area (Å²) in [6.45, 7) is 0. The number of benzene rings is 2. The number of halogens is 2. The Morgan fingerprint density at radius 1 is 1.03 bits per heavy atom. The van der Waals surface area contributed by atoms with E-state index in [1.54, 1.807) is 30.3 Å². The zero-order valence-electron chi connectivity index (χ0n) is 14.6. The Labute approximate surface area is 188 Å². The molecule has 0 aliphatic rings. The highest BCUT2D eigenvalue weighted by Crippen LogP contribution is 2.41. The molecule has 9 nitrogen and oxygen atoms in total. The smallest absolute Gasteiger partial charge is 0.270 e. The van der Waals surface area contributed by atoms with Gasteiger partial charge in [-0.3, -0.25) is 14.6 Å². The number of nitriles is 1. The highest BCUT2D eigenvalue weighted by atomic mass is 79.9. The first kappa shape index (κ1) is 20.3. The van der Waals surface area contributed by atoms with E-state index in [0.717, 1.165) is 9.58 Å². The van der Waals surface area contributed by atoms with Crippen LogP contribution in [-0.4, -0.2) is 25.0 Å². The highest BCUT2D eigenvalue weighted by Gasteiger charge is 2.16. The lowest BCUT2D eigenvalue weighted by Crippen LogP contribution is -2.33. The number of rotatable bonds is 3. The van der Waals surface area contributed by atoms with E-state index in [2.05, 4.69) is 52.1 Å². The summed E-state index contributed by atoms with van der Waals surface area (Å²) in [5.74, 6) is 0. The van der Waals surface area contributed by atoms with Gasteiger partial charge in [0.25, 0.3) is 11.1 Å². The minimum absolute atomic E-state index is 0.278. The number of nitrogens with one attached hydrogen (secondary N) is 2. The molecule has 4 aromatic rings. The second-order valence-electron chi connectivity index (χ2n) is 5.88. The zero-order chi connectivity index (χ0) is 21.4. The molecule has 0 atom stereocenters. The van der Waals surface area contributed by atoms with Crippen molar-refractivity contribution in [3.8, 4) is 11.8 Å². The van der Waals surface area contributed by atoms with Crippen molar-refractivity contribution in [2.24, 2.45) is 0 Å². The van der Waals surface area contributed by atoms with E-state index in [1.807, 2.05) is 12.1 Å². The summed E-state index contributed by atoms with van der Waals surface area (Å²) in [4.78, 5) is 38.5. The van der Waals surface area contributed by atoms with Gasteiger partial charge in [0, 0.05) is 19.2 Å². The van der Waals surface area contributed by atoms with Gasteiger partial charge in [-0.05, 0) is 50.1 Å². The second-order valence-corrected chi connectivity index (χ2v) is 8.58. The number of nitrogens with zero attached hydrogens (tertiary/aromatic N) is 4. The average molecular weight is 548 g/mol. The van der Waals surface area contributed by atoms with Crippen LogP contribution in [-0.2, 0) is 0 Å². The summed E-state index contributed by atoms with van der Waals surface area (Å²) in [5.41, 5.74) is -1.99. The molecule has 0 spiro atoms. The number of fused-ring (bicyclic) bond motifs is 1. The third kappa shape index (κ3) is 3.62. The molecule has 148 valence electrons. The van der Waals surface area contributed by atoms with Crippen LogP contribution in [0.3, 0.4) is 0 Å². The molecule has 2 aromatic carbocycles. The molecule has 0 unspecified atom stereocenters. The number of H-pyrrole nitrogens is 2.